The maximum absolute atomic E-state index is 11.6. The summed E-state index contributed by atoms with van der Waals surface area (Å²) in [5.74, 6) is -1.20. The summed E-state index contributed by atoms with van der Waals surface area (Å²) in [6.45, 7) is 0.700. The van der Waals surface area contributed by atoms with E-state index in [1.165, 1.54) is 7.11 Å². The minimum atomic E-state index is -0.999. The Bertz CT molecular complexity index is 347. The number of amides is 3. The van der Waals surface area contributed by atoms with Gasteiger partial charge in [-0.3, -0.25) is 9.59 Å². The molecule has 0 spiro atoms. The van der Waals surface area contributed by atoms with E-state index in [0.717, 1.165) is 6.42 Å². The molecular weight excluding hydrogens is 254 g/mol. The highest BCUT2D eigenvalue weighted by Crippen LogP contribution is 2.02. The Morgan fingerprint density at radius 2 is 2.32 bits per heavy atom. The molecule has 3 amide bonds. The largest absolute Gasteiger partial charge is 0.481 e. The minimum Gasteiger partial charge on any atom is -0.481 e. The van der Waals surface area contributed by atoms with Crippen LogP contribution in [-0.2, 0) is 14.3 Å². The van der Waals surface area contributed by atoms with Crippen molar-refractivity contribution in [2.45, 2.75) is 31.4 Å². The van der Waals surface area contributed by atoms with Gasteiger partial charge in [0, 0.05) is 20.2 Å². The number of piperidine rings is 1. The van der Waals surface area contributed by atoms with Gasteiger partial charge in [0.05, 0.1) is 12.5 Å². The van der Waals surface area contributed by atoms with Crippen LogP contribution in [0.25, 0.3) is 0 Å². The number of carboxylic acid groups (broad SMARTS) is 1. The van der Waals surface area contributed by atoms with E-state index >= 15 is 0 Å². The molecular formula is C11H19N3O5. The topological polar surface area (TPSA) is 117 Å². The average Bonchev–Trinajstić information content (AvgIpc) is 2.37. The molecule has 1 fully saturated rings. The molecule has 19 heavy (non-hydrogen) atoms. The highest BCUT2D eigenvalue weighted by Gasteiger charge is 2.23. The molecule has 0 bridgehead atoms. The lowest BCUT2D eigenvalue weighted by Crippen LogP contribution is -2.53. The van der Waals surface area contributed by atoms with Crippen molar-refractivity contribution in [2.24, 2.45) is 0 Å². The first-order valence-electron chi connectivity index (χ1n) is 6.09. The van der Waals surface area contributed by atoms with Crippen LogP contribution in [0.3, 0.4) is 0 Å². The van der Waals surface area contributed by atoms with Crippen LogP contribution in [0.2, 0.25) is 0 Å². The van der Waals surface area contributed by atoms with Crippen molar-refractivity contribution >= 4 is 17.9 Å². The van der Waals surface area contributed by atoms with E-state index in [0.29, 0.717) is 13.0 Å². The van der Waals surface area contributed by atoms with Crippen LogP contribution >= 0.6 is 0 Å². The molecule has 0 aromatic heterocycles. The van der Waals surface area contributed by atoms with Crippen LogP contribution in [0.5, 0.6) is 0 Å². The third-order valence-electron chi connectivity index (χ3n) is 2.82. The molecule has 1 aliphatic heterocycles. The number of rotatable bonds is 6. The van der Waals surface area contributed by atoms with Gasteiger partial charge in [-0.15, -0.1) is 0 Å². The Labute approximate surface area is 110 Å². The molecule has 1 aliphatic rings. The number of carbonyl (C=O) groups excluding carboxylic acids is 2. The molecule has 1 rings (SSSR count). The molecule has 0 saturated carbocycles. The lowest BCUT2D eigenvalue weighted by molar-refractivity contribution is -0.139. The summed E-state index contributed by atoms with van der Waals surface area (Å²) in [6, 6.07) is -1.04. The number of hydrogen-bond acceptors (Lipinski definition) is 4. The molecule has 2 unspecified atom stereocenters. The third-order valence-corrected chi connectivity index (χ3v) is 2.82. The van der Waals surface area contributed by atoms with Gasteiger partial charge in [-0.05, 0) is 12.8 Å². The standard InChI is InChI=1S/C11H19N3O5/c1-19-7(5-9(15)16)6-13-11(18)14-8-3-2-4-12-10(8)17/h7-8H,2-6H2,1H3,(H,12,17)(H,15,16)(H2,13,14,18). The number of aliphatic carboxylic acids is 1. The molecule has 1 heterocycles. The molecule has 1 saturated heterocycles. The van der Waals surface area contributed by atoms with Crippen LogP contribution < -0.4 is 16.0 Å². The van der Waals surface area contributed by atoms with E-state index in [1.807, 2.05) is 0 Å². The molecule has 0 aromatic carbocycles. The Kier molecular flexibility index (Phi) is 6.07. The summed E-state index contributed by atoms with van der Waals surface area (Å²) in [6.07, 6.45) is 0.627. The van der Waals surface area contributed by atoms with Gasteiger partial charge in [0.15, 0.2) is 0 Å². The number of ether oxygens (including phenoxy) is 1. The van der Waals surface area contributed by atoms with Crippen LogP contribution in [-0.4, -0.2) is 55.4 Å². The van der Waals surface area contributed by atoms with Crippen LogP contribution in [0.1, 0.15) is 19.3 Å². The molecule has 2 atom stereocenters. The first-order valence-corrected chi connectivity index (χ1v) is 6.09. The molecule has 0 aromatic rings. The van der Waals surface area contributed by atoms with Crippen molar-refractivity contribution in [1.29, 1.82) is 0 Å². The fourth-order valence-corrected chi connectivity index (χ4v) is 1.76. The zero-order valence-electron chi connectivity index (χ0n) is 10.8. The van der Waals surface area contributed by atoms with Crippen molar-refractivity contribution in [1.82, 2.24) is 16.0 Å². The quantitative estimate of drug-likeness (QED) is 0.498. The Morgan fingerprint density at radius 3 is 2.89 bits per heavy atom. The smallest absolute Gasteiger partial charge is 0.315 e. The van der Waals surface area contributed by atoms with Gasteiger partial charge < -0.3 is 25.8 Å². The van der Waals surface area contributed by atoms with Crippen molar-refractivity contribution < 1.29 is 24.2 Å². The van der Waals surface area contributed by atoms with Gasteiger partial charge >= 0.3 is 12.0 Å². The fourth-order valence-electron chi connectivity index (χ4n) is 1.76. The van der Waals surface area contributed by atoms with Crippen molar-refractivity contribution in [3.05, 3.63) is 0 Å². The van der Waals surface area contributed by atoms with Crippen molar-refractivity contribution in [2.75, 3.05) is 20.2 Å². The summed E-state index contributed by atoms with van der Waals surface area (Å²) in [5.41, 5.74) is 0. The van der Waals surface area contributed by atoms with E-state index in [9.17, 15) is 14.4 Å². The number of urea groups is 1. The summed E-state index contributed by atoms with van der Waals surface area (Å²) in [4.78, 5) is 33.5. The van der Waals surface area contributed by atoms with Crippen molar-refractivity contribution in [3.63, 3.8) is 0 Å². The maximum atomic E-state index is 11.6. The number of hydrogen-bond donors (Lipinski definition) is 4. The highest BCUT2D eigenvalue weighted by atomic mass is 16.5. The highest BCUT2D eigenvalue weighted by molar-refractivity contribution is 5.87. The molecule has 8 heteroatoms. The second-order valence-electron chi connectivity index (χ2n) is 4.30. The number of carbonyl (C=O) groups is 3. The zero-order valence-corrected chi connectivity index (χ0v) is 10.8. The molecule has 108 valence electrons. The molecule has 8 nitrogen and oxygen atoms in total. The van der Waals surface area contributed by atoms with Gasteiger partial charge in [-0.1, -0.05) is 0 Å². The van der Waals surface area contributed by atoms with E-state index < -0.39 is 24.1 Å². The number of carboxylic acids is 1. The lowest BCUT2D eigenvalue weighted by Gasteiger charge is -2.23. The lowest BCUT2D eigenvalue weighted by atomic mass is 10.1. The van der Waals surface area contributed by atoms with E-state index in [1.54, 1.807) is 0 Å². The normalized spacial score (nSPS) is 20.3. The molecule has 0 aliphatic carbocycles. The molecule has 4 N–H and O–H groups in total. The van der Waals surface area contributed by atoms with Gasteiger partial charge in [-0.25, -0.2) is 4.79 Å². The maximum Gasteiger partial charge on any atom is 0.315 e. The fraction of sp³-hybridized carbons (Fsp3) is 0.727. The van der Waals surface area contributed by atoms with E-state index in [2.05, 4.69) is 16.0 Å². The first-order chi connectivity index (χ1) is 9.02. The number of methoxy groups -OCH3 is 1. The van der Waals surface area contributed by atoms with Gasteiger partial charge in [0.25, 0.3) is 0 Å². The zero-order chi connectivity index (χ0) is 14.3. The van der Waals surface area contributed by atoms with Gasteiger partial charge in [0.2, 0.25) is 5.91 Å². The third kappa shape index (κ3) is 5.56. The Morgan fingerprint density at radius 1 is 1.58 bits per heavy atom. The summed E-state index contributed by atoms with van der Waals surface area (Å²) in [7, 11) is 1.38. The second kappa shape index (κ2) is 7.57. The second-order valence-corrected chi connectivity index (χ2v) is 4.30. The Hall–Kier alpha value is -1.83. The first kappa shape index (κ1) is 15.2. The summed E-state index contributed by atoms with van der Waals surface area (Å²) >= 11 is 0. The Balaban J connectivity index is 2.30. The monoisotopic (exact) mass is 273 g/mol. The predicted octanol–water partition coefficient (Wildman–Crippen LogP) is -0.946. The van der Waals surface area contributed by atoms with Crippen LogP contribution in [0, 0.1) is 0 Å². The van der Waals surface area contributed by atoms with E-state index in [4.69, 9.17) is 9.84 Å². The van der Waals surface area contributed by atoms with E-state index in [-0.39, 0.29) is 18.9 Å². The minimum absolute atomic E-state index is 0.0724. The van der Waals surface area contributed by atoms with Crippen LogP contribution in [0.15, 0.2) is 0 Å². The van der Waals surface area contributed by atoms with Crippen molar-refractivity contribution in [3.8, 4) is 0 Å². The summed E-state index contributed by atoms with van der Waals surface area (Å²) < 4.78 is 4.92. The van der Waals surface area contributed by atoms with Crippen LogP contribution in [0.4, 0.5) is 4.79 Å². The predicted molar refractivity (Wildman–Crippen MR) is 65.6 cm³/mol. The molecule has 0 radical (unpaired) electrons. The van der Waals surface area contributed by atoms with Gasteiger partial charge in [-0.2, -0.15) is 0 Å². The average molecular weight is 273 g/mol. The number of nitrogens with one attached hydrogen (secondary N) is 3. The van der Waals surface area contributed by atoms with Gasteiger partial charge in [0.1, 0.15) is 6.04 Å². The SMILES string of the molecule is COC(CNC(=O)NC1CCCNC1=O)CC(=O)O. The summed E-state index contributed by atoms with van der Waals surface area (Å²) in [5, 5.41) is 16.3.